The van der Waals surface area contributed by atoms with Gasteiger partial charge in [-0.2, -0.15) is 5.10 Å². The van der Waals surface area contributed by atoms with Crippen molar-refractivity contribution in [2.75, 3.05) is 33.4 Å². The SMILES string of the molecule is COCCCn1nc(C)c2ccc(C(C)N(C(=O)C3CN(C(=O)OC(C)(C)C)CCO3)C3CC3)cc21. The average Bonchev–Trinajstić information content (AvgIpc) is 3.62. The molecule has 2 heterocycles. The first-order valence-electron chi connectivity index (χ1n) is 13.0. The number of hydrogen-bond donors (Lipinski definition) is 0. The van der Waals surface area contributed by atoms with Gasteiger partial charge in [0.25, 0.3) is 5.91 Å². The summed E-state index contributed by atoms with van der Waals surface area (Å²) in [6, 6.07) is 6.42. The second-order valence-corrected chi connectivity index (χ2v) is 10.9. The Labute approximate surface area is 213 Å². The molecule has 0 N–H and O–H groups in total. The minimum absolute atomic E-state index is 0.0665. The van der Waals surface area contributed by atoms with Gasteiger partial charge in [0.1, 0.15) is 5.60 Å². The Balaban J connectivity index is 1.53. The highest BCUT2D eigenvalue weighted by molar-refractivity contribution is 5.85. The molecule has 2 aliphatic rings. The number of nitrogens with zero attached hydrogens (tertiary/aromatic N) is 4. The van der Waals surface area contributed by atoms with Gasteiger partial charge in [0.2, 0.25) is 0 Å². The Morgan fingerprint density at radius 2 is 2.03 bits per heavy atom. The normalized spacial score (nSPS) is 19.4. The Morgan fingerprint density at radius 3 is 2.69 bits per heavy atom. The summed E-state index contributed by atoms with van der Waals surface area (Å²) >= 11 is 0. The lowest BCUT2D eigenvalue weighted by molar-refractivity contribution is -0.151. The third-order valence-corrected chi connectivity index (χ3v) is 6.77. The molecule has 1 saturated carbocycles. The van der Waals surface area contributed by atoms with Crippen LogP contribution in [0.15, 0.2) is 18.2 Å². The largest absolute Gasteiger partial charge is 0.444 e. The van der Waals surface area contributed by atoms with Crippen molar-refractivity contribution >= 4 is 22.9 Å². The quantitative estimate of drug-likeness (QED) is 0.508. The first kappa shape index (κ1) is 26.4. The van der Waals surface area contributed by atoms with Crippen molar-refractivity contribution in [2.24, 2.45) is 0 Å². The van der Waals surface area contributed by atoms with Crippen LogP contribution in [0.3, 0.4) is 0 Å². The molecule has 1 saturated heterocycles. The maximum absolute atomic E-state index is 13.7. The van der Waals surface area contributed by atoms with Crippen LogP contribution < -0.4 is 0 Å². The number of carbonyl (C=O) groups excluding carboxylic acids is 2. The smallest absolute Gasteiger partial charge is 0.410 e. The van der Waals surface area contributed by atoms with Gasteiger partial charge in [-0.25, -0.2) is 4.79 Å². The lowest BCUT2D eigenvalue weighted by Crippen LogP contribution is -2.54. The number of morpholine rings is 1. The standard InChI is InChI=1S/C27H40N4O5/c1-18-22-11-8-20(16-23(22)30(28-18)12-7-14-34-6)19(2)31(21-9-10-21)25(32)24-17-29(13-15-35-24)26(33)36-27(3,4)5/h8,11,16,19,21,24H,7,9-10,12-15,17H2,1-6H3. The van der Waals surface area contributed by atoms with Gasteiger partial charge < -0.3 is 24.0 Å². The van der Waals surface area contributed by atoms with E-state index in [4.69, 9.17) is 19.3 Å². The predicted molar refractivity (Wildman–Crippen MR) is 137 cm³/mol. The van der Waals surface area contributed by atoms with Gasteiger partial charge in [-0.1, -0.05) is 12.1 Å². The van der Waals surface area contributed by atoms with E-state index in [1.165, 1.54) is 0 Å². The molecular weight excluding hydrogens is 460 g/mol. The van der Waals surface area contributed by atoms with Crippen molar-refractivity contribution < 1.29 is 23.8 Å². The van der Waals surface area contributed by atoms with Crippen LogP contribution >= 0.6 is 0 Å². The first-order chi connectivity index (χ1) is 17.1. The molecular formula is C27H40N4O5. The molecule has 9 heteroatoms. The van der Waals surface area contributed by atoms with E-state index in [1.54, 1.807) is 12.0 Å². The average molecular weight is 501 g/mol. The van der Waals surface area contributed by atoms with Gasteiger partial charge in [0, 0.05) is 38.2 Å². The molecule has 1 aliphatic heterocycles. The maximum atomic E-state index is 13.7. The van der Waals surface area contributed by atoms with E-state index < -0.39 is 17.8 Å². The molecule has 0 radical (unpaired) electrons. The van der Waals surface area contributed by atoms with Crippen molar-refractivity contribution in [3.05, 3.63) is 29.5 Å². The monoisotopic (exact) mass is 500 g/mol. The fourth-order valence-electron chi connectivity index (χ4n) is 4.80. The summed E-state index contributed by atoms with van der Waals surface area (Å²) in [5, 5.41) is 5.85. The zero-order chi connectivity index (χ0) is 26.0. The van der Waals surface area contributed by atoms with Crippen LogP contribution in [-0.4, -0.2) is 82.7 Å². The van der Waals surface area contributed by atoms with Crippen molar-refractivity contribution in [1.29, 1.82) is 0 Å². The minimum Gasteiger partial charge on any atom is -0.444 e. The zero-order valence-corrected chi connectivity index (χ0v) is 22.5. The van der Waals surface area contributed by atoms with Crippen molar-refractivity contribution in [3.8, 4) is 0 Å². The number of methoxy groups -OCH3 is 1. The van der Waals surface area contributed by atoms with E-state index in [0.29, 0.717) is 19.8 Å². The van der Waals surface area contributed by atoms with Crippen LogP contribution in [-0.2, 0) is 25.5 Å². The van der Waals surface area contributed by atoms with E-state index in [0.717, 1.165) is 48.0 Å². The van der Waals surface area contributed by atoms with Gasteiger partial charge in [-0.05, 0) is 65.5 Å². The minimum atomic E-state index is -0.695. The summed E-state index contributed by atoms with van der Waals surface area (Å²) in [5.41, 5.74) is 2.54. The fraction of sp³-hybridized carbons (Fsp3) is 0.667. The second-order valence-electron chi connectivity index (χ2n) is 10.9. The Hall–Kier alpha value is -2.65. The molecule has 0 spiro atoms. The molecule has 2 aromatic rings. The molecule has 4 rings (SSSR count). The number of aryl methyl sites for hydroxylation is 2. The third-order valence-electron chi connectivity index (χ3n) is 6.77. The van der Waals surface area contributed by atoms with Crippen LogP contribution in [0, 0.1) is 6.92 Å². The number of carbonyl (C=O) groups is 2. The molecule has 2 fully saturated rings. The number of fused-ring (bicyclic) bond motifs is 1. The van der Waals surface area contributed by atoms with Gasteiger partial charge in [0.15, 0.2) is 6.10 Å². The van der Waals surface area contributed by atoms with Crippen LogP contribution in [0.2, 0.25) is 0 Å². The third kappa shape index (κ3) is 6.00. The summed E-state index contributed by atoms with van der Waals surface area (Å²) < 4.78 is 18.6. The zero-order valence-electron chi connectivity index (χ0n) is 22.5. The van der Waals surface area contributed by atoms with Gasteiger partial charge in [0.05, 0.1) is 30.4 Å². The van der Waals surface area contributed by atoms with Crippen molar-refractivity contribution in [2.45, 2.75) is 84.2 Å². The molecule has 0 bridgehead atoms. The van der Waals surface area contributed by atoms with Crippen LogP contribution in [0.1, 0.15) is 64.3 Å². The van der Waals surface area contributed by atoms with E-state index in [2.05, 4.69) is 25.1 Å². The molecule has 1 aromatic heterocycles. The van der Waals surface area contributed by atoms with Gasteiger partial charge in [-0.15, -0.1) is 0 Å². The number of aromatic nitrogens is 2. The maximum Gasteiger partial charge on any atom is 0.410 e. The molecule has 2 unspecified atom stereocenters. The highest BCUT2D eigenvalue weighted by Crippen LogP contribution is 2.36. The van der Waals surface area contributed by atoms with Crippen molar-refractivity contribution in [1.82, 2.24) is 19.6 Å². The van der Waals surface area contributed by atoms with E-state index in [1.807, 2.05) is 37.3 Å². The Kier molecular flexibility index (Phi) is 7.90. The Morgan fingerprint density at radius 1 is 1.28 bits per heavy atom. The van der Waals surface area contributed by atoms with Crippen LogP contribution in [0.5, 0.6) is 0 Å². The van der Waals surface area contributed by atoms with Gasteiger partial charge in [-0.3, -0.25) is 9.48 Å². The number of ether oxygens (including phenoxy) is 3. The number of rotatable bonds is 8. The molecule has 1 aromatic carbocycles. The van der Waals surface area contributed by atoms with Gasteiger partial charge >= 0.3 is 6.09 Å². The topological polar surface area (TPSA) is 86.1 Å². The summed E-state index contributed by atoms with van der Waals surface area (Å²) in [6.07, 6.45) is 1.74. The highest BCUT2D eigenvalue weighted by atomic mass is 16.6. The van der Waals surface area contributed by atoms with Crippen molar-refractivity contribution in [3.63, 3.8) is 0 Å². The van der Waals surface area contributed by atoms with Crippen LogP contribution in [0.4, 0.5) is 4.79 Å². The van der Waals surface area contributed by atoms with E-state index in [9.17, 15) is 9.59 Å². The summed E-state index contributed by atoms with van der Waals surface area (Å²) in [4.78, 5) is 29.9. The summed E-state index contributed by atoms with van der Waals surface area (Å²) in [5.74, 6) is -0.0665. The highest BCUT2D eigenvalue weighted by Gasteiger charge is 2.42. The molecule has 1 aliphatic carbocycles. The van der Waals surface area contributed by atoms with E-state index >= 15 is 0 Å². The molecule has 2 atom stereocenters. The lowest BCUT2D eigenvalue weighted by atomic mass is 10.0. The predicted octanol–water partition coefficient (Wildman–Crippen LogP) is 4.07. The Bertz CT molecular complexity index is 1090. The number of benzene rings is 1. The molecule has 2 amide bonds. The van der Waals surface area contributed by atoms with Crippen LogP contribution in [0.25, 0.3) is 10.9 Å². The first-order valence-corrected chi connectivity index (χ1v) is 13.0. The molecule has 198 valence electrons. The lowest BCUT2D eigenvalue weighted by Gasteiger charge is -2.37. The molecule has 36 heavy (non-hydrogen) atoms. The summed E-state index contributed by atoms with van der Waals surface area (Å²) in [7, 11) is 1.71. The van der Waals surface area contributed by atoms with E-state index in [-0.39, 0.29) is 24.5 Å². The number of amides is 2. The second kappa shape index (κ2) is 10.8. The summed E-state index contributed by atoms with van der Waals surface area (Å²) in [6.45, 7) is 12.0. The number of hydrogen-bond acceptors (Lipinski definition) is 6. The molecule has 9 nitrogen and oxygen atoms in total. The fourth-order valence-corrected chi connectivity index (χ4v) is 4.80.